The van der Waals surface area contributed by atoms with Gasteiger partial charge >= 0.3 is 0 Å². The molecule has 3 aromatic rings. The molecule has 4 nitrogen and oxygen atoms in total. The summed E-state index contributed by atoms with van der Waals surface area (Å²) in [6.07, 6.45) is 2.15. The van der Waals surface area contributed by atoms with Crippen molar-refractivity contribution in [2.75, 3.05) is 5.32 Å². The van der Waals surface area contributed by atoms with E-state index in [1.54, 1.807) is 13.8 Å². The minimum absolute atomic E-state index is 0.171. The van der Waals surface area contributed by atoms with Crippen molar-refractivity contribution in [2.45, 2.75) is 26.7 Å². The number of aromatic nitrogens is 1. The predicted molar refractivity (Wildman–Crippen MR) is 85.3 cm³/mol. The van der Waals surface area contributed by atoms with Gasteiger partial charge in [0.15, 0.2) is 0 Å². The van der Waals surface area contributed by atoms with E-state index in [-0.39, 0.29) is 5.91 Å². The smallest absolute Gasteiger partial charge is 0.261 e. The molecule has 22 heavy (non-hydrogen) atoms. The molecule has 1 aliphatic carbocycles. The third-order valence-corrected chi connectivity index (χ3v) is 4.39. The summed E-state index contributed by atoms with van der Waals surface area (Å²) in [4.78, 5) is 12.5. The number of hydrogen-bond acceptors (Lipinski definition) is 3. The van der Waals surface area contributed by atoms with E-state index >= 15 is 0 Å². The first-order valence-corrected chi connectivity index (χ1v) is 7.43. The molecule has 4 rings (SSSR count). The molecule has 0 aliphatic heterocycles. The molecule has 1 N–H and O–H groups in total. The first-order valence-electron chi connectivity index (χ1n) is 7.43. The number of hydrogen-bond donors (Lipinski definition) is 1. The standard InChI is InChI=1S/C18H16N2O2/c1-10-16(11(2)22-20-10)18(21)19-15-9-8-13-7-6-12-4-3-5-14(15)17(12)13/h3-5,8-9H,6-7H2,1-2H3,(H,19,21). The van der Waals surface area contributed by atoms with Crippen LogP contribution >= 0.6 is 0 Å². The fraction of sp³-hybridized carbons (Fsp3) is 0.222. The zero-order chi connectivity index (χ0) is 15.3. The van der Waals surface area contributed by atoms with Gasteiger partial charge in [-0.3, -0.25) is 4.79 Å². The fourth-order valence-corrected chi connectivity index (χ4v) is 3.35. The molecule has 1 aromatic heterocycles. The van der Waals surface area contributed by atoms with Crippen LogP contribution < -0.4 is 5.32 Å². The Labute approximate surface area is 128 Å². The first kappa shape index (κ1) is 13.1. The molecule has 0 radical (unpaired) electrons. The van der Waals surface area contributed by atoms with Crippen molar-refractivity contribution in [2.24, 2.45) is 0 Å². The Bertz CT molecular complexity index is 879. The number of carbonyl (C=O) groups is 1. The number of rotatable bonds is 2. The van der Waals surface area contributed by atoms with Gasteiger partial charge in [-0.1, -0.05) is 29.4 Å². The van der Waals surface area contributed by atoms with E-state index in [0.29, 0.717) is 17.0 Å². The summed E-state index contributed by atoms with van der Waals surface area (Å²) in [5.41, 5.74) is 4.69. The number of amides is 1. The van der Waals surface area contributed by atoms with E-state index in [2.05, 4.69) is 34.7 Å². The van der Waals surface area contributed by atoms with Gasteiger partial charge in [0.25, 0.3) is 5.91 Å². The van der Waals surface area contributed by atoms with Gasteiger partial charge in [-0.05, 0) is 49.3 Å². The van der Waals surface area contributed by atoms with Crippen LogP contribution in [0, 0.1) is 13.8 Å². The SMILES string of the molecule is Cc1noc(C)c1C(=O)Nc1ccc2c3c(cccc13)CC2. The van der Waals surface area contributed by atoms with Crippen LogP contribution in [0.2, 0.25) is 0 Å². The highest BCUT2D eigenvalue weighted by molar-refractivity contribution is 6.11. The summed E-state index contributed by atoms with van der Waals surface area (Å²) in [5, 5.41) is 9.25. The minimum atomic E-state index is -0.171. The highest BCUT2D eigenvalue weighted by Crippen LogP contribution is 2.35. The van der Waals surface area contributed by atoms with Crippen LogP contribution in [-0.4, -0.2) is 11.1 Å². The van der Waals surface area contributed by atoms with E-state index in [4.69, 9.17) is 4.52 Å². The Kier molecular flexibility index (Phi) is 2.79. The van der Waals surface area contributed by atoms with E-state index in [1.807, 2.05) is 6.07 Å². The monoisotopic (exact) mass is 292 g/mol. The normalized spacial score (nSPS) is 12.8. The molecule has 0 saturated heterocycles. The summed E-state index contributed by atoms with van der Waals surface area (Å²) in [6.45, 7) is 3.53. The maximum Gasteiger partial charge on any atom is 0.261 e. The van der Waals surface area contributed by atoms with Gasteiger partial charge in [-0.2, -0.15) is 0 Å². The second-order valence-corrected chi connectivity index (χ2v) is 5.77. The maximum atomic E-state index is 12.5. The van der Waals surface area contributed by atoms with E-state index in [0.717, 1.165) is 23.9 Å². The van der Waals surface area contributed by atoms with Crippen molar-refractivity contribution in [1.82, 2.24) is 5.16 Å². The molecule has 2 aromatic carbocycles. The second-order valence-electron chi connectivity index (χ2n) is 5.77. The Morgan fingerprint density at radius 1 is 1.14 bits per heavy atom. The van der Waals surface area contributed by atoms with Crippen LogP contribution in [0.1, 0.15) is 32.9 Å². The van der Waals surface area contributed by atoms with Crippen molar-refractivity contribution in [3.8, 4) is 0 Å². The molecule has 0 fully saturated rings. The average molecular weight is 292 g/mol. The lowest BCUT2D eigenvalue weighted by Gasteiger charge is -2.10. The lowest BCUT2D eigenvalue weighted by molar-refractivity contribution is 0.102. The second kappa shape index (κ2) is 4.70. The van der Waals surface area contributed by atoms with Crippen molar-refractivity contribution >= 4 is 22.4 Å². The van der Waals surface area contributed by atoms with Crippen LogP contribution in [-0.2, 0) is 12.8 Å². The van der Waals surface area contributed by atoms with E-state index < -0.39 is 0 Å². The zero-order valence-corrected chi connectivity index (χ0v) is 12.6. The van der Waals surface area contributed by atoms with Crippen molar-refractivity contribution < 1.29 is 9.32 Å². The van der Waals surface area contributed by atoms with Gasteiger partial charge in [-0.15, -0.1) is 0 Å². The lowest BCUT2D eigenvalue weighted by Crippen LogP contribution is -2.14. The Hall–Kier alpha value is -2.62. The quantitative estimate of drug-likeness (QED) is 0.781. The Morgan fingerprint density at radius 2 is 1.91 bits per heavy atom. The molecular formula is C18H16N2O2. The topological polar surface area (TPSA) is 55.1 Å². The van der Waals surface area contributed by atoms with Crippen LogP contribution in [0.3, 0.4) is 0 Å². The lowest BCUT2D eigenvalue weighted by atomic mass is 10.0. The number of nitrogens with zero attached hydrogens (tertiary/aromatic N) is 1. The molecule has 0 saturated carbocycles. The maximum absolute atomic E-state index is 12.5. The van der Waals surface area contributed by atoms with Crippen LogP contribution in [0.15, 0.2) is 34.9 Å². The van der Waals surface area contributed by atoms with Crippen LogP contribution in [0.25, 0.3) is 10.8 Å². The summed E-state index contributed by atoms with van der Waals surface area (Å²) >= 11 is 0. The molecule has 0 spiro atoms. The van der Waals surface area contributed by atoms with E-state index in [1.165, 1.54) is 16.5 Å². The fourth-order valence-electron chi connectivity index (χ4n) is 3.35. The summed E-state index contributed by atoms with van der Waals surface area (Å²) < 4.78 is 5.08. The van der Waals surface area contributed by atoms with Gasteiger partial charge in [0.2, 0.25) is 0 Å². The van der Waals surface area contributed by atoms with Gasteiger partial charge in [0.1, 0.15) is 11.3 Å². The molecule has 1 amide bonds. The van der Waals surface area contributed by atoms with Gasteiger partial charge < -0.3 is 9.84 Å². The first-order chi connectivity index (χ1) is 10.6. The van der Waals surface area contributed by atoms with Crippen molar-refractivity contribution in [1.29, 1.82) is 0 Å². The summed E-state index contributed by atoms with van der Waals surface area (Å²) in [5.74, 6) is 0.371. The van der Waals surface area contributed by atoms with Gasteiger partial charge in [-0.25, -0.2) is 0 Å². The summed E-state index contributed by atoms with van der Waals surface area (Å²) in [6, 6.07) is 10.4. The molecule has 1 aliphatic rings. The molecule has 4 heteroatoms. The zero-order valence-electron chi connectivity index (χ0n) is 12.6. The van der Waals surface area contributed by atoms with Crippen LogP contribution in [0.4, 0.5) is 5.69 Å². The third-order valence-electron chi connectivity index (χ3n) is 4.39. The number of nitrogens with one attached hydrogen (secondary N) is 1. The number of benzene rings is 2. The Balaban J connectivity index is 1.79. The van der Waals surface area contributed by atoms with Crippen molar-refractivity contribution in [3.05, 3.63) is 58.5 Å². The highest BCUT2D eigenvalue weighted by Gasteiger charge is 2.20. The van der Waals surface area contributed by atoms with Gasteiger partial charge in [0.05, 0.1) is 5.69 Å². The molecule has 0 atom stereocenters. The van der Waals surface area contributed by atoms with Crippen molar-refractivity contribution in [3.63, 3.8) is 0 Å². The molecule has 110 valence electrons. The third kappa shape index (κ3) is 1.84. The summed E-state index contributed by atoms with van der Waals surface area (Å²) in [7, 11) is 0. The molecular weight excluding hydrogens is 276 g/mol. The number of carbonyl (C=O) groups excluding carboxylic acids is 1. The van der Waals surface area contributed by atoms with E-state index in [9.17, 15) is 4.79 Å². The van der Waals surface area contributed by atoms with Gasteiger partial charge in [0, 0.05) is 11.1 Å². The predicted octanol–water partition coefficient (Wildman–Crippen LogP) is 3.80. The van der Waals surface area contributed by atoms with Crippen LogP contribution in [0.5, 0.6) is 0 Å². The number of anilines is 1. The molecule has 0 bridgehead atoms. The molecule has 1 heterocycles. The Morgan fingerprint density at radius 3 is 2.64 bits per heavy atom. The largest absolute Gasteiger partial charge is 0.361 e. The minimum Gasteiger partial charge on any atom is -0.361 e. The highest BCUT2D eigenvalue weighted by atomic mass is 16.5. The molecule has 0 unspecified atom stereocenters. The number of aryl methyl sites for hydroxylation is 4. The average Bonchev–Trinajstić information content (AvgIpc) is 3.07.